The summed E-state index contributed by atoms with van der Waals surface area (Å²) < 4.78 is 46.4. The van der Waals surface area contributed by atoms with Gasteiger partial charge in [0.05, 0.1) is 6.61 Å². The lowest BCUT2D eigenvalue weighted by molar-refractivity contribution is -0.173. The number of alkyl halides is 3. The molecule has 2 rings (SSSR count). The summed E-state index contributed by atoms with van der Waals surface area (Å²) in [6.45, 7) is 1.46. The molecular weight excluding hydrogens is 433 g/mol. The van der Waals surface area contributed by atoms with Crippen LogP contribution in [0.25, 0.3) is 0 Å². The van der Waals surface area contributed by atoms with E-state index in [-0.39, 0.29) is 38.8 Å². The third kappa shape index (κ3) is 6.96. The lowest BCUT2D eigenvalue weighted by atomic mass is 10.0. The summed E-state index contributed by atoms with van der Waals surface area (Å²) in [6.07, 6.45) is -4.87. The van der Waals surface area contributed by atoms with Crippen LogP contribution in [0, 0.1) is 0 Å². The van der Waals surface area contributed by atoms with Crippen LogP contribution in [-0.4, -0.2) is 60.3 Å². The average molecular weight is 458 g/mol. The van der Waals surface area contributed by atoms with E-state index in [9.17, 15) is 32.3 Å². The number of cyclic esters (lactones) is 2. The Bertz CT molecular complexity index is 816. The number of unbranched alkanes of at least 4 members (excludes halogenated alkanes) is 1. The van der Waals surface area contributed by atoms with Gasteiger partial charge in [0.15, 0.2) is 0 Å². The van der Waals surface area contributed by atoms with Gasteiger partial charge in [0.2, 0.25) is 0 Å². The van der Waals surface area contributed by atoms with Crippen molar-refractivity contribution in [2.24, 2.45) is 0 Å². The number of nitrogens with zero attached hydrogens (tertiary/aromatic N) is 1. The fourth-order valence-electron chi connectivity index (χ4n) is 3.37. The molecule has 0 radical (unpaired) electrons. The molecule has 0 saturated carbocycles. The maximum Gasteiger partial charge on any atom is 0.471 e. The molecule has 1 aliphatic rings. The Hall–Kier alpha value is -3.11. The Balaban J connectivity index is 2.01. The summed E-state index contributed by atoms with van der Waals surface area (Å²) in [7, 11) is 0. The zero-order valence-corrected chi connectivity index (χ0v) is 17.5. The van der Waals surface area contributed by atoms with Crippen molar-refractivity contribution < 1.29 is 41.8 Å². The number of aryl methyl sites for hydroxylation is 1. The van der Waals surface area contributed by atoms with Crippen LogP contribution >= 0.6 is 0 Å². The molecule has 32 heavy (non-hydrogen) atoms. The van der Waals surface area contributed by atoms with E-state index in [0.717, 1.165) is 10.5 Å². The minimum Gasteiger partial charge on any atom is -0.464 e. The lowest BCUT2D eigenvalue weighted by Gasteiger charge is -2.28. The van der Waals surface area contributed by atoms with Crippen LogP contribution < -0.4 is 5.32 Å². The first-order valence-corrected chi connectivity index (χ1v) is 10.2. The minimum atomic E-state index is -4.97. The maximum absolute atomic E-state index is 12.6. The number of rotatable bonds is 11. The van der Waals surface area contributed by atoms with Crippen molar-refractivity contribution in [3.8, 4) is 0 Å². The first kappa shape index (κ1) is 25.2. The highest BCUT2D eigenvalue weighted by Gasteiger charge is 2.47. The van der Waals surface area contributed by atoms with Crippen LogP contribution in [0.15, 0.2) is 30.3 Å². The standard InChI is InChI=1S/C21H25F3N2O6/c1-2-31-17(27)16(12-11-14-8-4-3-5-9-14)26-15(18(28)32-20(26)30)10-6-7-13-25-19(29)21(22,23)24/h3-5,8-9,15-16H,2,6-7,10-13H2,1H3,(H,25,29)/t15-,16?/m0/s1. The molecule has 11 heteroatoms. The summed E-state index contributed by atoms with van der Waals surface area (Å²) in [5.41, 5.74) is 0.928. The first-order chi connectivity index (χ1) is 15.1. The van der Waals surface area contributed by atoms with Crippen molar-refractivity contribution in [1.29, 1.82) is 0 Å². The molecule has 0 spiro atoms. The van der Waals surface area contributed by atoms with Gasteiger partial charge in [0.1, 0.15) is 12.1 Å². The first-order valence-electron chi connectivity index (χ1n) is 10.2. The van der Waals surface area contributed by atoms with Gasteiger partial charge in [0, 0.05) is 6.54 Å². The molecule has 1 aliphatic heterocycles. The second-order valence-electron chi connectivity index (χ2n) is 7.15. The number of carbonyl (C=O) groups excluding carboxylic acids is 4. The Morgan fingerprint density at radius 1 is 1.19 bits per heavy atom. The largest absolute Gasteiger partial charge is 0.471 e. The van der Waals surface area contributed by atoms with Crippen molar-refractivity contribution in [3.05, 3.63) is 35.9 Å². The quantitative estimate of drug-likeness (QED) is 0.311. The van der Waals surface area contributed by atoms with Gasteiger partial charge in [-0.25, -0.2) is 14.4 Å². The van der Waals surface area contributed by atoms with E-state index in [1.54, 1.807) is 12.2 Å². The monoisotopic (exact) mass is 458 g/mol. The molecule has 8 nitrogen and oxygen atoms in total. The Morgan fingerprint density at radius 2 is 1.88 bits per heavy atom. The summed E-state index contributed by atoms with van der Waals surface area (Å²) >= 11 is 0. The molecule has 1 N–H and O–H groups in total. The van der Waals surface area contributed by atoms with Gasteiger partial charge in [0.25, 0.3) is 0 Å². The van der Waals surface area contributed by atoms with E-state index in [0.29, 0.717) is 6.42 Å². The smallest absolute Gasteiger partial charge is 0.464 e. The van der Waals surface area contributed by atoms with Crippen LogP contribution in [0.4, 0.5) is 18.0 Å². The summed E-state index contributed by atoms with van der Waals surface area (Å²) in [5, 5.41) is 1.74. The van der Waals surface area contributed by atoms with Gasteiger partial charge in [-0.2, -0.15) is 13.2 Å². The van der Waals surface area contributed by atoms with Gasteiger partial charge in [-0.1, -0.05) is 30.3 Å². The molecule has 0 aromatic heterocycles. The van der Waals surface area contributed by atoms with Crippen LogP contribution in [0.2, 0.25) is 0 Å². The number of halogens is 3. The van der Waals surface area contributed by atoms with Crippen molar-refractivity contribution >= 4 is 23.9 Å². The fraction of sp³-hybridized carbons (Fsp3) is 0.524. The van der Waals surface area contributed by atoms with Crippen molar-refractivity contribution in [2.75, 3.05) is 13.2 Å². The van der Waals surface area contributed by atoms with E-state index < -0.39 is 42.2 Å². The number of ether oxygens (including phenoxy) is 2. The highest BCUT2D eigenvalue weighted by molar-refractivity contribution is 5.97. The van der Waals surface area contributed by atoms with E-state index in [1.165, 1.54) is 0 Å². The normalized spacial score (nSPS) is 17.1. The van der Waals surface area contributed by atoms with Gasteiger partial charge in [-0.15, -0.1) is 0 Å². The predicted octanol–water partition coefficient (Wildman–Crippen LogP) is 2.75. The van der Waals surface area contributed by atoms with Crippen molar-refractivity contribution in [3.63, 3.8) is 0 Å². The summed E-state index contributed by atoms with van der Waals surface area (Å²) in [5.74, 6) is -3.54. The zero-order valence-electron chi connectivity index (χ0n) is 17.5. The molecule has 2 atom stereocenters. The second-order valence-corrected chi connectivity index (χ2v) is 7.15. The number of esters is 2. The molecule has 176 valence electrons. The van der Waals surface area contributed by atoms with E-state index in [4.69, 9.17) is 9.47 Å². The Kier molecular flexibility index (Phi) is 9.03. The fourth-order valence-corrected chi connectivity index (χ4v) is 3.37. The third-order valence-electron chi connectivity index (χ3n) is 4.90. The van der Waals surface area contributed by atoms with E-state index in [2.05, 4.69) is 0 Å². The molecule has 1 unspecified atom stereocenters. The second kappa shape index (κ2) is 11.5. The number of nitrogens with one attached hydrogen (secondary N) is 1. The Morgan fingerprint density at radius 3 is 2.50 bits per heavy atom. The highest BCUT2D eigenvalue weighted by Crippen LogP contribution is 2.25. The molecule has 1 fully saturated rings. The number of carbonyl (C=O) groups is 4. The molecule has 1 aromatic carbocycles. The van der Waals surface area contributed by atoms with Gasteiger partial charge < -0.3 is 14.8 Å². The average Bonchev–Trinajstić information content (AvgIpc) is 3.01. The van der Waals surface area contributed by atoms with E-state index in [1.807, 2.05) is 30.3 Å². The molecule has 1 heterocycles. The lowest BCUT2D eigenvalue weighted by Crippen LogP contribution is -2.48. The van der Waals surface area contributed by atoms with Crippen LogP contribution in [0.3, 0.4) is 0 Å². The van der Waals surface area contributed by atoms with Crippen LogP contribution in [0.1, 0.15) is 38.2 Å². The van der Waals surface area contributed by atoms with Gasteiger partial charge >= 0.3 is 30.1 Å². The predicted molar refractivity (Wildman–Crippen MR) is 105 cm³/mol. The number of amides is 2. The molecule has 0 aliphatic carbocycles. The SMILES string of the molecule is CCOC(=O)C(CCc1ccccc1)N1C(=O)OC(=O)[C@@H]1CCCCNC(=O)C(F)(F)F. The zero-order chi connectivity index (χ0) is 23.7. The molecule has 0 bridgehead atoms. The summed E-state index contributed by atoms with van der Waals surface area (Å²) in [6, 6.07) is 7.13. The van der Waals surface area contributed by atoms with Crippen LogP contribution in [-0.2, 0) is 30.3 Å². The van der Waals surface area contributed by atoms with Crippen LogP contribution in [0.5, 0.6) is 0 Å². The van der Waals surface area contributed by atoms with Gasteiger partial charge in [-0.3, -0.25) is 9.69 Å². The molecule has 2 amide bonds. The summed E-state index contributed by atoms with van der Waals surface area (Å²) in [4.78, 5) is 49.0. The maximum atomic E-state index is 12.6. The Labute approximate surface area is 183 Å². The van der Waals surface area contributed by atoms with E-state index >= 15 is 0 Å². The molecular formula is C21H25F3N2O6. The minimum absolute atomic E-state index is 0.0632. The number of hydrogen-bond donors (Lipinski definition) is 1. The molecule has 1 aromatic rings. The topological polar surface area (TPSA) is 102 Å². The van der Waals surface area contributed by atoms with Gasteiger partial charge in [-0.05, 0) is 44.6 Å². The number of benzene rings is 1. The third-order valence-corrected chi connectivity index (χ3v) is 4.90. The van der Waals surface area contributed by atoms with Crippen molar-refractivity contribution in [2.45, 2.75) is 57.3 Å². The highest BCUT2D eigenvalue weighted by atomic mass is 19.4. The molecule has 1 saturated heterocycles. The number of hydrogen-bond acceptors (Lipinski definition) is 6. The van der Waals surface area contributed by atoms with Crippen molar-refractivity contribution in [1.82, 2.24) is 10.2 Å².